The van der Waals surface area contributed by atoms with Crippen LogP contribution in [-0.2, 0) is 16.1 Å². The number of furan rings is 1. The Morgan fingerprint density at radius 3 is 2.31 bits per heavy atom. The fourth-order valence-electron chi connectivity index (χ4n) is 4.81. The van der Waals surface area contributed by atoms with Gasteiger partial charge < -0.3 is 24.5 Å². The molecule has 0 aliphatic heterocycles. The van der Waals surface area contributed by atoms with Crippen molar-refractivity contribution in [2.45, 2.75) is 18.9 Å². The molecular formula is C27H26N2O6. The van der Waals surface area contributed by atoms with Gasteiger partial charge in [-0.3, -0.25) is 4.79 Å². The van der Waals surface area contributed by atoms with E-state index in [1.165, 1.54) is 22.1 Å². The molecule has 2 aromatic carbocycles. The summed E-state index contributed by atoms with van der Waals surface area (Å²) >= 11 is 0. The average Bonchev–Trinajstić information content (AvgIpc) is 3.36. The fourth-order valence-corrected chi connectivity index (χ4v) is 4.81. The van der Waals surface area contributed by atoms with Crippen LogP contribution in [0.3, 0.4) is 0 Å². The van der Waals surface area contributed by atoms with E-state index in [0.717, 1.165) is 11.1 Å². The SMILES string of the molecule is CN(Cc1ccc(C(=O)O)o1)C(=O)[C@@H]1C[C@@H]1CNC(=O)OCC1c2ccccc2-c2ccccc21. The number of hydrogen-bond donors (Lipinski definition) is 2. The van der Waals surface area contributed by atoms with Gasteiger partial charge in [-0.2, -0.15) is 0 Å². The van der Waals surface area contributed by atoms with Gasteiger partial charge in [-0.25, -0.2) is 9.59 Å². The Bertz CT molecular complexity index is 1240. The predicted molar refractivity (Wildman–Crippen MR) is 127 cm³/mol. The minimum atomic E-state index is -1.15. The molecule has 2 aliphatic rings. The maximum Gasteiger partial charge on any atom is 0.407 e. The van der Waals surface area contributed by atoms with Gasteiger partial charge in [-0.15, -0.1) is 0 Å². The normalized spacial score (nSPS) is 17.9. The van der Waals surface area contributed by atoms with Crippen LogP contribution < -0.4 is 5.32 Å². The summed E-state index contributed by atoms with van der Waals surface area (Å²) in [5.74, 6) is -1.08. The van der Waals surface area contributed by atoms with Gasteiger partial charge in [-0.05, 0) is 46.7 Å². The van der Waals surface area contributed by atoms with Gasteiger partial charge in [0, 0.05) is 25.4 Å². The fraction of sp³-hybridized carbons (Fsp3) is 0.296. The molecule has 5 rings (SSSR count). The highest BCUT2D eigenvalue weighted by atomic mass is 16.5. The summed E-state index contributed by atoms with van der Waals surface area (Å²) in [7, 11) is 1.65. The molecule has 0 radical (unpaired) electrons. The zero-order chi connectivity index (χ0) is 24.5. The second kappa shape index (κ2) is 9.29. The van der Waals surface area contributed by atoms with Crippen molar-refractivity contribution in [1.29, 1.82) is 0 Å². The van der Waals surface area contributed by atoms with Gasteiger partial charge in [0.2, 0.25) is 11.7 Å². The third-order valence-corrected chi connectivity index (χ3v) is 6.73. The summed E-state index contributed by atoms with van der Waals surface area (Å²) in [5.41, 5.74) is 4.66. The Morgan fingerprint density at radius 2 is 1.69 bits per heavy atom. The Balaban J connectivity index is 1.09. The van der Waals surface area contributed by atoms with Crippen LogP contribution in [0.2, 0.25) is 0 Å². The quantitative estimate of drug-likeness (QED) is 0.509. The maximum absolute atomic E-state index is 12.7. The Hall–Kier alpha value is -4.07. The standard InChI is InChI=1S/C27H26N2O6/c1-29(14-17-10-11-24(35-17)26(31)32)25(30)22-12-16(22)13-28-27(33)34-15-23-20-8-4-2-6-18(20)19-7-3-5-9-21(19)23/h2-11,16,22-23H,12-15H2,1H3,(H,28,33)(H,31,32)/t16-,22-/m1/s1. The number of ether oxygens (including phenoxy) is 1. The molecule has 180 valence electrons. The highest BCUT2D eigenvalue weighted by Gasteiger charge is 2.44. The third-order valence-electron chi connectivity index (χ3n) is 6.73. The van der Waals surface area contributed by atoms with Crippen molar-refractivity contribution >= 4 is 18.0 Å². The molecule has 2 atom stereocenters. The molecule has 0 spiro atoms. The molecule has 2 N–H and O–H groups in total. The van der Waals surface area contributed by atoms with E-state index < -0.39 is 12.1 Å². The van der Waals surface area contributed by atoms with Crippen molar-refractivity contribution in [2.24, 2.45) is 11.8 Å². The van der Waals surface area contributed by atoms with Gasteiger partial charge in [-0.1, -0.05) is 48.5 Å². The summed E-state index contributed by atoms with van der Waals surface area (Å²) in [6.45, 7) is 0.803. The van der Waals surface area contributed by atoms with E-state index in [1.807, 2.05) is 24.3 Å². The molecule has 1 saturated carbocycles. The van der Waals surface area contributed by atoms with E-state index >= 15 is 0 Å². The molecule has 1 heterocycles. The summed E-state index contributed by atoms with van der Waals surface area (Å²) in [6, 6.07) is 19.3. The lowest BCUT2D eigenvalue weighted by molar-refractivity contribution is -0.132. The number of amides is 2. The highest BCUT2D eigenvalue weighted by Crippen LogP contribution is 2.44. The molecule has 3 aromatic rings. The third kappa shape index (κ3) is 4.64. The first-order valence-corrected chi connectivity index (χ1v) is 11.6. The lowest BCUT2D eigenvalue weighted by atomic mass is 9.98. The molecule has 0 saturated heterocycles. The van der Waals surface area contributed by atoms with Crippen LogP contribution in [0.4, 0.5) is 4.79 Å². The number of aromatic carboxylic acids is 1. The number of benzene rings is 2. The number of rotatable bonds is 8. The van der Waals surface area contributed by atoms with Crippen molar-refractivity contribution in [1.82, 2.24) is 10.2 Å². The molecule has 0 unspecified atom stereocenters. The lowest BCUT2D eigenvalue weighted by Crippen LogP contribution is -2.31. The van der Waals surface area contributed by atoms with Crippen molar-refractivity contribution in [3.05, 3.63) is 83.3 Å². The van der Waals surface area contributed by atoms with E-state index in [9.17, 15) is 14.4 Å². The summed E-state index contributed by atoms with van der Waals surface area (Å²) < 4.78 is 10.8. The molecule has 0 bridgehead atoms. The van der Waals surface area contributed by atoms with Crippen LogP contribution in [0.25, 0.3) is 11.1 Å². The molecular weight excluding hydrogens is 448 g/mol. The molecule has 1 aromatic heterocycles. The van der Waals surface area contributed by atoms with E-state index in [2.05, 4.69) is 29.6 Å². The van der Waals surface area contributed by atoms with E-state index in [-0.39, 0.29) is 42.6 Å². The summed E-state index contributed by atoms with van der Waals surface area (Å²) in [6.07, 6.45) is 0.195. The van der Waals surface area contributed by atoms with E-state index in [1.54, 1.807) is 13.1 Å². The maximum atomic E-state index is 12.7. The minimum absolute atomic E-state index is 0.000273. The van der Waals surface area contributed by atoms with E-state index in [0.29, 0.717) is 18.7 Å². The minimum Gasteiger partial charge on any atom is -0.475 e. The van der Waals surface area contributed by atoms with Crippen molar-refractivity contribution in [3.63, 3.8) is 0 Å². The van der Waals surface area contributed by atoms with Crippen LogP contribution >= 0.6 is 0 Å². The Kier molecular flexibility index (Phi) is 6.03. The van der Waals surface area contributed by atoms with Gasteiger partial charge in [0.05, 0.1) is 6.54 Å². The van der Waals surface area contributed by atoms with Gasteiger partial charge in [0.1, 0.15) is 12.4 Å². The topological polar surface area (TPSA) is 109 Å². The lowest BCUT2D eigenvalue weighted by Gasteiger charge is -2.16. The summed E-state index contributed by atoms with van der Waals surface area (Å²) in [5, 5.41) is 11.7. The van der Waals surface area contributed by atoms with Gasteiger partial charge >= 0.3 is 12.1 Å². The van der Waals surface area contributed by atoms with Crippen LogP contribution in [0.15, 0.2) is 65.1 Å². The monoisotopic (exact) mass is 474 g/mol. The zero-order valence-corrected chi connectivity index (χ0v) is 19.3. The molecule has 2 aliphatic carbocycles. The van der Waals surface area contributed by atoms with Gasteiger partial charge in [0.25, 0.3) is 0 Å². The number of carboxylic acid groups (broad SMARTS) is 1. The van der Waals surface area contributed by atoms with Crippen LogP contribution in [0, 0.1) is 11.8 Å². The molecule has 8 nitrogen and oxygen atoms in total. The average molecular weight is 475 g/mol. The number of alkyl carbamates (subject to hydrolysis) is 1. The molecule has 8 heteroatoms. The Labute approximate surface area is 202 Å². The van der Waals surface area contributed by atoms with Crippen molar-refractivity contribution in [3.8, 4) is 11.1 Å². The second-order valence-corrected chi connectivity index (χ2v) is 9.07. The summed E-state index contributed by atoms with van der Waals surface area (Å²) in [4.78, 5) is 37.5. The predicted octanol–water partition coefficient (Wildman–Crippen LogP) is 4.11. The Morgan fingerprint density at radius 1 is 1.03 bits per heavy atom. The number of carboxylic acids is 1. The number of hydrogen-bond acceptors (Lipinski definition) is 5. The second-order valence-electron chi connectivity index (χ2n) is 9.07. The van der Waals surface area contributed by atoms with E-state index in [4.69, 9.17) is 14.3 Å². The van der Waals surface area contributed by atoms with Crippen LogP contribution in [0.5, 0.6) is 0 Å². The number of nitrogens with one attached hydrogen (secondary N) is 1. The smallest absolute Gasteiger partial charge is 0.407 e. The van der Waals surface area contributed by atoms with Crippen LogP contribution in [-0.4, -0.2) is 48.2 Å². The van der Waals surface area contributed by atoms with Crippen LogP contribution in [0.1, 0.15) is 39.8 Å². The molecule has 1 fully saturated rings. The zero-order valence-electron chi connectivity index (χ0n) is 19.3. The number of carbonyl (C=O) groups is 3. The first kappa shape index (κ1) is 22.7. The first-order chi connectivity index (χ1) is 16.9. The molecule has 35 heavy (non-hydrogen) atoms. The highest BCUT2D eigenvalue weighted by molar-refractivity contribution is 5.84. The number of nitrogens with zero attached hydrogens (tertiary/aromatic N) is 1. The molecule has 2 amide bonds. The largest absolute Gasteiger partial charge is 0.475 e. The number of fused-ring (bicyclic) bond motifs is 3. The number of carbonyl (C=O) groups excluding carboxylic acids is 2. The first-order valence-electron chi connectivity index (χ1n) is 11.6. The van der Waals surface area contributed by atoms with Crippen molar-refractivity contribution < 1.29 is 28.6 Å². The van der Waals surface area contributed by atoms with Gasteiger partial charge in [0.15, 0.2) is 0 Å². The van der Waals surface area contributed by atoms with Crippen molar-refractivity contribution in [2.75, 3.05) is 20.2 Å².